The third-order valence-electron chi connectivity index (χ3n) is 4.51. The van der Waals surface area contributed by atoms with E-state index < -0.39 is 11.7 Å². The van der Waals surface area contributed by atoms with Gasteiger partial charge in [0, 0.05) is 48.6 Å². The third kappa shape index (κ3) is 5.86. The van der Waals surface area contributed by atoms with Gasteiger partial charge in [0.1, 0.15) is 11.5 Å². The number of hydrogen-bond acceptors (Lipinski definition) is 4. The minimum atomic E-state index is -4.37. The van der Waals surface area contributed by atoms with Crippen molar-refractivity contribution in [2.75, 3.05) is 5.32 Å². The van der Waals surface area contributed by atoms with Crippen LogP contribution in [0.25, 0.3) is 10.9 Å². The van der Waals surface area contributed by atoms with Crippen molar-refractivity contribution in [3.63, 3.8) is 0 Å². The van der Waals surface area contributed by atoms with E-state index in [0.717, 1.165) is 34.7 Å². The van der Waals surface area contributed by atoms with E-state index in [9.17, 15) is 18.0 Å². The number of nitrogens with zero attached hydrogens (tertiary/aromatic N) is 2. The van der Waals surface area contributed by atoms with Gasteiger partial charge in [-0.3, -0.25) is 9.78 Å². The maximum atomic E-state index is 12.1. The van der Waals surface area contributed by atoms with E-state index in [0.29, 0.717) is 13.0 Å². The van der Waals surface area contributed by atoms with Crippen LogP contribution in [0.15, 0.2) is 73.1 Å². The number of nitrogens with two attached hydrogens (primary N) is 1. The number of halogens is 3. The number of rotatable bonds is 5. The molecule has 6 nitrogen and oxygen atoms in total. The maximum Gasteiger partial charge on any atom is 0.416 e. The smallest absolute Gasteiger partial charge is 0.416 e. The van der Waals surface area contributed by atoms with E-state index in [2.05, 4.69) is 27.0 Å². The molecule has 2 aromatic carbocycles. The van der Waals surface area contributed by atoms with Gasteiger partial charge in [0.25, 0.3) is 0 Å². The van der Waals surface area contributed by atoms with Crippen LogP contribution in [0.4, 0.5) is 18.9 Å². The predicted molar refractivity (Wildman–Crippen MR) is 116 cm³/mol. The molecule has 0 saturated heterocycles. The Morgan fingerprint density at radius 2 is 1.88 bits per heavy atom. The Morgan fingerprint density at radius 1 is 1.09 bits per heavy atom. The lowest BCUT2D eigenvalue weighted by Gasteiger charge is -2.07. The molecule has 1 amide bonds. The highest BCUT2D eigenvalue weighted by atomic mass is 19.4. The summed E-state index contributed by atoms with van der Waals surface area (Å²) in [4.78, 5) is 14.1. The third-order valence-corrected chi connectivity index (χ3v) is 4.51. The van der Waals surface area contributed by atoms with Crippen molar-refractivity contribution in [3.05, 3.63) is 84.3 Å². The molecule has 9 heteroatoms. The van der Waals surface area contributed by atoms with Crippen molar-refractivity contribution >= 4 is 23.0 Å². The lowest BCUT2D eigenvalue weighted by molar-refractivity contribution is -0.137. The number of anilines is 1. The maximum absolute atomic E-state index is 12.1. The van der Waals surface area contributed by atoms with Crippen LogP contribution in [-0.4, -0.2) is 16.0 Å². The lowest BCUT2D eigenvalue weighted by Crippen LogP contribution is -2.05. The van der Waals surface area contributed by atoms with Crippen LogP contribution in [0.3, 0.4) is 0 Å². The first kappa shape index (κ1) is 22.8. The molecule has 32 heavy (non-hydrogen) atoms. The van der Waals surface area contributed by atoms with E-state index in [1.54, 1.807) is 6.20 Å². The van der Waals surface area contributed by atoms with Crippen molar-refractivity contribution in [1.29, 1.82) is 0 Å². The molecule has 0 unspecified atom stereocenters. The summed E-state index contributed by atoms with van der Waals surface area (Å²) in [5.74, 6) is 1.57. The van der Waals surface area contributed by atoms with Crippen LogP contribution in [0.2, 0.25) is 0 Å². The number of aromatic nitrogens is 2. The molecule has 3 N–H and O–H groups in total. The molecule has 2 aromatic heterocycles. The number of amides is 1. The van der Waals surface area contributed by atoms with E-state index in [-0.39, 0.29) is 5.69 Å². The van der Waals surface area contributed by atoms with Gasteiger partial charge in [-0.05, 0) is 48.5 Å². The SMILES string of the molecule is Cn1ccc2cc(Oc3ccnc(CN)c3)ccc21.O=CNc1cccc(C(F)(F)F)c1. The number of pyridine rings is 1. The Labute approximate surface area is 182 Å². The topological polar surface area (TPSA) is 82.2 Å². The summed E-state index contributed by atoms with van der Waals surface area (Å²) in [6.07, 6.45) is -0.304. The summed E-state index contributed by atoms with van der Waals surface area (Å²) in [5, 5.41) is 3.30. The van der Waals surface area contributed by atoms with Gasteiger partial charge in [0.15, 0.2) is 0 Å². The molecule has 0 spiro atoms. The zero-order valence-electron chi connectivity index (χ0n) is 17.1. The van der Waals surface area contributed by atoms with Crippen molar-refractivity contribution < 1.29 is 22.7 Å². The zero-order valence-corrected chi connectivity index (χ0v) is 17.1. The van der Waals surface area contributed by atoms with Crippen LogP contribution in [0.5, 0.6) is 11.5 Å². The Balaban J connectivity index is 0.000000195. The van der Waals surface area contributed by atoms with E-state index in [4.69, 9.17) is 10.5 Å². The molecule has 0 fully saturated rings. The molecule has 0 aliphatic carbocycles. The van der Waals surface area contributed by atoms with Crippen molar-refractivity contribution in [2.45, 2.75) is 12.7 Å². The van der Waals surface area contributed by atoms with Crippen LogP contribution >= 0.6 is 0 Å². The summed E-state index contributed by atoms with van der Waals surface area (Å²) < 4.78 is 44.2. The molecule has 0 atom stereocenters. The number of nitrogens with one attached hydrogen (secondary N) is 1. The molecule has 0 aliphatic rings. The van der Waals surface area contributed by atoms with Gasteiger partial charge >= 0.3 is 6.18 Å². The van der Waals surface area contributed by atoms with Gasteiger partial charge in [-0.1, -0.05) is 6.07 Å². The minimum absolute atomic E-state index is 0.129. The number of aryl methyl sites for hydroxylation is 1. The molecule has 4 rings (SSSR count). The number of carbonyl (C=O) groups excluding carboxylic acids is 1. The molecule has 4 aromatic rings. The van der Waals surface area contributed by atoms with Crippen LogP contribution in [0.1, 0.15) is 11.3 Å². The summed E-state index contributed by atoms with van der Waals surface area (Å²) in [6.45, 7) is 0.412. The Bertz CT molecular complexity index is 1210. The predicted octanol–water partition coefficient (Wildman–Crippen LogP) is 5.10. The van der Waals surface area contributed by atoms with Crippen LogP contribution < -0.4 is 15.8 Å². The molecular formula is C23H21F3N4O2. The normalized spacial score (nSPS) is 10.9. The molecule has 0 bridgehead atoms. The second-order valence-corrected chi connectivity index (χ2v) is 6.78. The molecule has 0 radical (unpaired) electrons. The summed E-state index contributed by atoms with van der Waals surface area (Å²) in [6, 6.07) is 16.2. The fourth-order valence-electron chi connectivity index (χ4n) is 2.94. The number of ether oxygens (including phenoxy) is 1. The van der Waals surface area contributed by atoms with Gasteiger partial charge < -0.3 is 20.4 Å². The van der Waals surface area contributed by atoms with Crippen molar-refractivity contribution in [1.82, 2.24) is 9.55 Å². The first-order valence-electron chi connectivity index (χ1n) is 9.55. The van der Waals surface area contributed by atoms with Crippen LogP contribution in [0, 0.1) is 0 Å². The Hall–Kier alpha value is -3.85. The highest BCUT2D eigenvalue weighted by Crippen LogP contribution is 2.30. The number of alkyl halides is 3. The van der Waals surface area contributed by atoms with E-state index in [1.165, 1.54) is 17.6 Å². The average molecular weight is 442 g/mol. The van der Waals surface area contributed by atoms with E-state index in [1.807, 2.05) is 37.5 Å². The minimum Gasteiger partial charge on any atom is -0.457 e. The summed E-state index contributed by atoms with van der Waals surface area (Å²) in [7, 11) is 2.03. The van der Waals surface area contributed by atoms with Crippen molar-refractivity contribution in [2.24, 2.45) is 12.8 Å². The quantitative estimate of drug-likeness (QED) is 0.422. The van der Waals surface area contributed by atoms with E-state index >= 15 is 0 Å². The highest BCUT2D eigenvalue weighted by Gasteiger charge is 2.30. The Morgan fingerprint density at radius 3 is 2.59 bits per heavy atom. The monoisotopic (exact) mass is 442 g/mol. The van der Waals surface area contributed by atoms with Gasteiger partial charge in [0.2, 0.25) is 6.41 Å². The van der Waals surface area contributed by atoms with Gasteiger partial charge in [-0.15, -0.1) is 0 Å². The summed E-state index contributed by atoms with van der Waals surface area (Å²) >= 11 is 0. The standard InChI is InChI=1S/C15H15N3O.C8H6F3NO/c1-18-7-5-11-8-13(2-3-15(11)18)19-14-4-6-17-12(9-14)10-16;9-8(10,11)6-2-1-3-7(4-6)12-5-13/h2-9H,10,16H2,1H3;1-5H,(H,12,13). The lowest BCUT2D eigenvalue weighted by atomic mass is 10.2. The molecule has 2 heterocycles. The molecule has 166 valence electrons. The first-order chi connectivity index (χ1) is 15.3. The number of fused-ring (bicyclic) bond motifs is 1. The van der Waals surface area contributed by atoms with Gasteiger partial charge in [-0.2, -0.15) is 13.2 Å². The van der Waals surface area contributed by atoms with Gasteiger partial charge in [-0.25, -0.2) is 0 Å². The van der Waals surface area contributed by atoms with Crippen molar-refractivity contribution in [3.8, 4) is 11.5 Å². The molecule has 0 aliphatic heterocycles. The fraction of sp³-hybridized carbons (Fsp3) is 0.130. The summed E-state index contributed by atoms with van der Waals surface area (Å²) in [5.41, 5.74) is 6.92. The zero-order chi connectivity index (χ0) is 23.1. The second kappa shape index (κ2) is 9.97. The number of benzene rings is 2. The van der Waals surface area contributed by atoms with Crippen LogP contribution in [-0.2, 0) is 24.6 Å². The number of carbonyl (C=O) groups is 1. The largest absolute Gasteiger partial charge is 0.457 e. The average Bonchev–Trinajstić information content (AvgIpc) is 3.14. The molecular weight excluding hydrogens is 421 g/mol. The molecule has 0 saturated carbocycles. The second-order valence-electron chi connectivity index (χ2n) is 6.78. The van der Waals surface area contributed by atoms with Gasteiger partial charge in [0.05, 0.1) is 11.3 Å². The first-order valence-corrected chi connectivity index (χ1v) is 9.55. The fourth-order valence-corrected chi connectivity index (χ4v) is 2.94. The highest BCUT2D eigenvalue weighted by molar-refractivity contribution is 5.81. The Kier molecular flexibility index (Phi) is 7.11. The number of hydrogen-bond donors (Lipinski definition) is 2.